The highest BCUT2D eigenvalue weighted by Crippen LogP contribution is 2.32. The molecule has 5 heteroatoms. The molecule has 1 aliphatic heterocycles. The van der Waals surface area contributed by atoms with Gasteiger partial charge in [0, 0.05) is 0 Å². The van der Waals surface area contributed by atoms with Crippen molar-refractivity contribution in [3.63, 3.8) is 0 Å². The Morgan fingerprint density at radius 1 is 1.29 bits per heavy atom. The lowest BCUT2D eigenvalue weighted by Crippen LogP contribution is -2.20. The van der Waals surface area contributed by atoms with E-state index < -0.39 is 11.8 Å². The van der Waals surface area contributed by atoms with Crippen LogP contribution in [0.2, 0.25) is 5.02 Å². The van der Waals surface area contributed by atoms with Gasteiger partial charge in [0.05, 0.1) is 23.3 Å². The van der Waals surface area contributed by atoms with Gasteiger partial charge in [0.1, 0.15) is 5.75 Å². The molecule has 1 aliphatic rings. The first kappa shape index (κ1) is 9.02. The lowest BCUT2D eigenvalue weighted by atomic mass is 10.1. The molecule has 2 amide bonds. The Balaban J connectivity index is 2.70. The molecule has 0 bridgehead atoms. The van der Waals surface area contributed by atoms with Crippen molar-refractivity contribution >= 4 is 23.4 Å². The van der Waals surface area contributed by atoms with Gasteiger partial charge in [-0.2, -0.15) is 0 Å². The summed E-state index contributed by atoms with van der Waals surface area (Å²) >= 11 is 5.88. The van der Waals surface area contributed by atoms with Crippen molar-refractivity contribution in [3.05, 3.63) is 28.3 Å². The van der Waals surface area contributed by atoms with E-state index in [9.17, 15) is 9.59 Å². The van der Waals surface area contributed by atoms with Crippen molar-refractivity contribution in [1.82, 2.24) is 5.32 Å². The van der Waals surface area contributed by atoms with E-state index in [2.05, 4.69) is 5.32 Å². The van der Waals surface area contributed by atoms with Crippen LogP contribution < -0.4 is 10.1 Å². The van der Waals surface area contributed by atoms with E-state index in [1.54, 1.807) is 6.07 Å². The van der Waals surface area contributed by atoms with Crippen molar-refractivity contribution in [2.24, 2.45) is 0 Å². The first-order chi connectivity index (χ1) is 6.65. The highest BCUT2D eigenvalue weighted by Gasteiger charge is 2.30. The maximum atomic E-state index is 11.3. The van der Waals surface area contributed by atoms with Gasteiger partial charge < -0.3 is 4.74 Å². The van der Waals surface area contributed by atoms with Crippen molar-refractivity contribution < 1.29 is 14.3 Å². The molecule has 2 rings (SSSR count). The van der Waals surface area contributed by atoms with E-state index in [1.165, 1.54) is 13.2 Å². The standard InChI is InChI=1S/C9H6ClNO3/c1-14-5-3-2-4-6(7(5)10)9(13)11-8(4)12/h2-3H,1H3,(H,11,12,13). The number of rotatable bonds is 1. The van der Waals surface area contributed by atoms with Crippen LogP contribution in [0.4, 0.5) is 0 Å². The van der Waals surface area contributed by atoms with Crippen molar-refractivity contribution in [3.8, 4) is 5.75 Å². The van der Waals surface area contributed by atoms with Gasteiger partial charge in [-0.1, -0.05) is 11.6 Å². The average Bonchev–Trinajstić information content (AvgIpc) is 2.44. The molecule has 0 radical (unpaired) electrons. The molecule has 0 aromatic heterocycles. The summed E-state index contributed by atoms with van der Waals surface area (Å²) in [6, 6.07) is 3.07. The fourth-order valence-corrected chi connectivity index (χ4v) is 1.69. The van der Waals surface area contributed by atoms with Gasteiger partial charge in [0.2, 0.25) is 0 Å². The summed E-state index contributed by atoms with van der Waals surface area (Å²) in [6.45, 7) is 0. The number of fused-ring (bicyclic) bond motifs is 1. The zero-order valence-electron chi connectivity index (χ0n) is 7.26. The van der Waals surface area contributed by atoms with Crippen LogP contribution >= 0.6 is 11.6 Å². The van der Waals surface area contributed by atoms with Crippen LogP contribution in [0.15, 0.2) is 12.1 Å². The second-order valence-electron chi connectivity index (χ2n) is 2.79. The molecule has 0 aliphatic carbocycles. The van der Waals surface area contributed by atoms with Gasteiger partial charge >= 0.3 is 0 Å². The third-order valence-electron chi connectivity index (χ3n) is 2.03. The quantitative estimate of drug-likeness (QED) is 0.711. The smallest absolute Gasteiger partial charge is 0.260 e. The van der Waals surface area contributed by atoms with Gasteiger partial charge in [0.15, 0.2) is 0 Å². The lowest BCUT2D eigenvalue weighted by molar-refractivity contribution is 0.0879. The molecular formula is C9H6ClNO3. The van der Waals surface area contributed by atoms with Crippen LogP contribution in [0.5, 0.6) is 5.75 Å². The Kier molecular flexibility index (Phi) is 1.93. The third kappa shape index (κ3) is 1.08. The zero-order valence-corrected chi connectivity index (χ0v) is 8.01. The number of imide groups is 1. The predicted molar refractivity (Wildman–Crippen MR) is 49.8 cm³/mol. The Bertz CT molecular complexity index is 442. The molecule has 0 fully saturated rings. The Morgan fingerprint density at radius 2 is 2.00 bits per heavy atom. The molecular weight excluding hydrogens is 206 g/mol. The molecule has 0 saturated carbocycles. The largest absolute Gasteiger partial charge is 0.495 e. The number of carbonyl (C=O) groups is 2. The van der Waals surface area contributed by atoms with Gasteiger partial charge in [-0.15, -0.1) is 0 Å². The summed E-state index contributed by atoms with van der Waals surface area (Å²) in [7, 11) is 1.45. The van der Waals surface area contributed by atoms with E-state index in [1.807, 2.05) is 0 Å². The molecule has 4 nitrogen and oxygen atoms in total. The number of halogens is 1. The van der Waals surface area contributed by atoms with Gasteiger partial charge in [0.25, 0.3) is 11.8 Å². The number of benzene rings is 1. The van der Waals surface area contributed by atoms with Crippen LogP contribution in [-0.4, -0.2) is 18.9 Å². The van der Waals surface area contributed by atoms with Gasteiger partial charge in [-0.25, -0.2) is 0 Å². The molecule has 0 saturated heterocycles. The Hall–Kier alpha value is -1.55. The molecule has 0 spiro atoms. The van der Waals surface area contributed by atoms with Crippen LogP contribution in [0, 0.1) is 0 Å². The minimum absolute atomic E-state index is 0.174. The molecule has 0 unspecified atom stereocenters. The minimum Gasteiger partial charge on any atom is -0.495 e. The van der Waals surface area contributed by atoms with E-state index in [-0.39, 0.29) is 10.6 Å². The number of ether oxygens (including phenoxy) is 1. The Morgan fingerprint density at radius 3 is 2.64 bits per heavy atom. The summed E-state index contributed by atoms with van der Waals surface area (Å²) in [5.41, 5.74) is 0.483. The lowest BCUT2D eigenvalue weighted by Gasteiger charge is -2.04. The van der Waals surface area contributed by atoms with E-state index in [0.717, 1.165) is 0 Å². The molecule has 14 heavy (non-hydrogen) atoms. The maximum Gasteiger partial charge on any atom is 0.260 e. The predicted octanol–water partition coefficient (Wildman–Crippen LogP) is 1.23. The Labute approximate surface area is 84.8 Å². The topological polar surface area (TPSA) is 55.4 Å². The number of hydrogen-bond donors (Lipinski definition) is 1. The minimum atomic E-state index is -0.478. The van der Waals surface area contributed by atoms with Crippen molar-refractivity contribution in [2.75, 3.05) is 7.11 Å². The first-order valence-corrected chi connectivity index (χ1v) is 4.25. The first-order valence-electron chi connectivity index (χ1n) is 3.87. The summed E-state index contributed by atoms with van der Waals surface area (Å²) in [5.74, 6) is -0.515. The monoisotopic (exact) mass is 211 g/mol. The van der Waals surface area contributed by atoms with Gasteiger partial charge in [-0.3, -0.25) is 14.9 Å². The number of amides is 2. The van der Waals surface area contributed by atoms with E-state index >= 15 is 0 Å². The zero-order chi connectivity index (χ0) is 10.3. The third-order valence-corrected chi connectivity index (χ3v) is 2.40. The second kappa shape index (κ2) is 2.99. The summed E-state index contributed by atoms with van der Waals surface area (Å²) < 4.78 is 4.93. The number of carbonyl (C=O) groups excluding carboxylic acids is 2. The highest BCUT2D eigenvalue weighted by atomic mass is 35.5. The molecule has 1 N–H and O–H groups in total. The summed E-state index contributed by atoms with van der Waals surface area (Å²) in [4.78, 5) is 22.5. The highest BCUT2D eigenvalue weighted by molar-refractivity contribution is 6.38. The van der Waals surface area contributed by atoms with Crippen LogP contribution in [0.25, 0.3) is 0 Å². The van der Waals surface area contributed by atoms with Crippen LogP contribution in [0.1, 0.15) is 20.7 Å². The summed E-state index contributed by atoms with van der Waals surface area (Å²) in [6.07, 6.45) is 0. The number of methoxy groups -OCH3 is 1. The van der Waals surface area contributed by atoms with E-state index in [0.29, 0.717) is 11.3 Å². The molecule has 0 atom stereocenters. The molecule has 1 aromatic rings. The summed E-state index contributed by atoms with van der Waals surface area (Å²) in [5, 5.41) is 2.33. The fraction of sp³-hybridized carbons (Fsp3) is 0.111. The molecule has 72 valence electrons. The van der Waals surface area contributed by atoms with Crippen molar-refractivity contribution in [1.29, 1.82) is 0 Å². The molecule has 1 aromatic carbocycles. The number of nitrogens with one attached hydrogen (secondary N) is 1. The van der Waals surface area contributed by atoms with Crippen LogP contribution in [0.3, 0.4) is 0 Å². The number of hydrogen-bond acceptors (Lipinski definition) is 3. The van der Waals surface area contributed by atoms with Gasteiger partial charge in [-0.05, 0) is 12.1 Å². The average molecular weight is 212 g/mol. The molecule has 1 heterocycles. The van der Waals surface area contributed by atoms with Crippen molar-refractivity contribution in [2.45, 2.75) is 0 Å². The normalized spacial score (nSPS) is 13.9. The SMILES string of the molecule is COc1ccc2c(c1Cl)C(=O)NC2=O. The second-order valence-corrected chi connectivity index (χ2v) is 3.17. The fourth-order valence-electron chi connectivity index (χ4n) is 1.36. The van der Waals surface area contributed by atoms with E-state index in [4.69, 9.17) is 16.3 Å². The van der Waals surface area contributed by atoms with Crippen LogP contribution in [-0.2, 0) is 0 Å². The maximum absolute atomic E-state index is 11.3.